The third kappa shape index (κ3) is 3.91. The van der Waals surface area contributed by atoms with E-state index < -0.39 is 5.97 Å². The molecule has 7 nitrogen and oxygen atoms in total. The van der Waals surface area contributed by atoms with E-state index in [1.165, 1.54) is 6.33 Å². The maximum atomic E-state index is 12.2. The van der Waals surface area contributed by atoms with Crippen LogP contribution in [0.25, 0.3) is 5.69 Å². The summed E-state index contributed by atoms with van der Waals surface area (Å²) in [4.78, 5) is 26.6. The Morgan fingerprint density at radius 3 is 2.77 bits per heavy atom. The number of nitrogens with zero attached hydrogens (tertiary/aromatic N) is 3. The highest BCUT2D eigenvalue weighted by Crippen LogP contribution is 2.15. The van der Waals surface area contributed by atoms with Crippen molar-refractivity contribution in [3.63, 3.8) is 0 Å². The lowest BCUT2D eigenvalue weighted by Crippen LogP contribution is -2.33. The monoisotopic (exact) mass is 302 g/mol. The van der Waals surface area contributed by atoms with Crippen molar-refractivity contribution < 1.29 is 14.7 Å². The van der Waals surface area contributed by atoms with Crippen LogP contribution < -0.4 is 5.32 Å². The van der Waals surface area contributed by atoms with E-state index in [0.717, 1.165) is 11.3 Å². The van der Waals surface area contributed by atoms with E-state index in [4.69, 9.17) is 5.11 Å². The zero-order valence-electron chi connectivity index (χ0n) is 12.5. The number of carbonyl (C=O) groups excluding carboxylic acids is 1. The zero-order valence-corrected chi connectivity index (χ0v) is 12.5. The van der Waals surface area contributed by atoms with Crippen molar-refractivity contribution >= 4 is 11.9 Å². The molecule has 0 aliphatic heterocycles. The van der Waals surface area contributed by atoms with Crippen LogP contribution in [0.15, 0.2) is 30.9 Å². The molecule has 22 heavy (non-hydrogen) atoms. The summed E-state index contributed by atoms with van der Waals surface area (Å²) < 4.78 is 1.63. The largest absolute Gasteiger partial charge is 0.481 e. The Morgan fingerprint density at radius 2 is 2.18 bits per heavy atom. The Bertz CT molecular complexity index is 667. The SMILES string of the molecule is Cc1cc(C(=O)NC(C)CCC(=O)O)ccc1-n1cncn1. The summed E-state index contributed by atoms with van der Waals surface area (Å²) in [6.45, 7) is 3.68. The van der Waals surface area contributed by atoms with Crippen LogP contribution in [0.2, 0.25) is 0 Å². The Kier molecular flexibility index (Phi) is 4.88. The maximum Gasteiger partial charge on any atom is 0.303 e. The lowest BCUT2D eigenvalue weighted by molar-refractivity contribution is -0.137. The van der Waals surface area contributed by atoms with Crippen molar-refractivity contribution in [2.45, 2.75) is 32.7 Å². The first-order valence-corrected chi connectivity index (χ1v) is 6.95. The van der Waals surface area contributed by atoms with Crippen molar-refractivity contribution in [3.8, 4) is 5.69 Å². The van der Waals surface area contributed by atoms with Crippen LogP contribution in [0.1, 0.15) is 35.7 Å². The quantitative estimate of drug-likeness (QED) is 0.844. The van der Waals surface area contributed by atoms with Gasteiger partial charge in [0.2, 0.25) is 0 Å². The van der Waals surface area contributed by atoms with Crippen molar-refractivity contribution in [2.75, 3.05) is 0 Å². The van der Waals surface area contributed by atoms with Crippen LogP contribution in [-0.2, 0) is 4.79 Å². The number of carbonyl (C=O) groups is 2. The van der Waals surface area contributed by atoms with Crippen LogP contribution in [0.4, 0.5) is 0 Å². The van der Waals surface area contributed by atoms with Gasteiger partial charge >= 0.3 is 5.97 Å². The molecule has 1 atom stereocenters. The van der Waals surface area contributed by atoms with Gasteiger partial charge in [0.15, 0.2) is 0 Å². The molecule has 0 spiro atoms. The van der Waals surface area contributed by atoms with Crippen molar-refractivity contribution in [2.24, 2.45) is 0 Å². The number of aliphatic carboxylic acids is 1. The van der Waals surface area contributed by atoms with Gasteiger partial charge in [0, 0.05) is 18.0 Å². The molecule has 2 N–H and O–H groups in total. The first kappa shape index (κ1) is 15.7. The number of hydrogen-bond acceptors (Lipinski definition) is 4. The minimum Gasteiger partial charge on any atom is -0.481 e. The van der Waals surface area contributed by atoms with Gasteiger partial charge in [0.1, 0.15) is 12.7 Å². The lowest BCUT2D eigenvalue weighted by Gasteiger charge is -2.14. The first-order chi connectivity index (χ1) is 10.5. The Hall–Kier alpha value is -2.70. The van der Waals surface area contributed by atoms with Gasteiger partial charge in [0.05, 0.1) is 5.69 Å². The Morgan fingerprint density at radius 1 is 1.41 bits per heavy atom. The van der Waals surface area contributed by atoms with Gasteiger partial charge in [0.25, 0.3) is 5.91 Å². The molecule has 1 aromatic heterocycles. The number of carboxylic acids is 1. The second-order valence-electron chi connectivity index (χ2n) is 5.15. The van der Waals surface area contributed by atoms with E-state index in [9.17, 15) is 9.59 Å². The highest BCUT2D eigenvalue weighted by atomic mass is 16.4. The van der Waals surface area contributed by atoms with Crippen LogP contribution in [-0.4, -0.2) is 37.8 Å². The summed E-state index contributed by atoms with van der Waals surface area (Å²) in [6.07, 6.45) is 3.48. The number of aryl methyl sites for hydroxylation is 1. The molecule has 0 aliphatic carbocycles. The van der Waals surface area contributed by atoms with E-state index in [0.29, 0.717) is 12.0 Å². The lowest BCUT2D eigenvalue weighted by atomic mass is 10.1. The second-order valence-corrected chi connectivity index (χ2v) is 5.15. The molecule has 0 bridgehead atoms. The topological polar surface area (TPSA) is 97.1 Å². The third-order valence-corrected chi connectivity index (χ3v) is 3.29. The van der Waals surface area contributed by atoms with E-state index in [2.05, 4.69) is 15.4 Å². The molecular formula is C15H18N4O3. The molecule has 7 heteroatoms. The number of nitrogens with one attached hydrogen (secondary N) is 1. The fraction of sp³-hybridized carbons (Fsp3) is 0.333. The maximum absolute atomic E-state index is 12.2. The van der Waals surface area contributed by atoms with E-state index >= 15 is 0 Å². The highest BCUT2D eigenvalue weighted by Gasteiger charge is 2.12. The highest BCUT2D eigenvalue weighted by molar-refractivity contribution is 5.94. The predicted octanol–water partition coefficient (Wildman–Crippen LogP) is 1.56. The van der Waals surface area contributed by atoms with Crippen molar-refractivity contribution in [1.29, 1.82) is 0 Å². The van der Waals surface area contributed by atoms with Crippen molar-refractivity contribution in [1.82, 2.24) is 20.1 Å². The van der Waals surface area contributed by atoms with Gasteiger partial charge in [-0.2, -0.15) is 5.10 Å². The molecule has 0 fully saturated rings. The second kappa shape index (κ2) is 6.84. The standard InChI is InChI=1S/C15H18N4O3/c1-10-7-12(4-5-13(10)19-9-16-8-17-19)15(22)18-11(2)3-6-14(20)21/h4-5,7-9,11H,3,6H2,1-2H3,(H,18,22)(H,20,21). The minimum atomic E-state index is -0.867. The summed E-state index contributed by atoms with van der Waals surface area (Å²) in [5.41, 5.74) is 2.29. The number of rotatable bonds is 6. The molecule has 0 radical (unpaired) electrons. The van der Waals surface area contributed by atoms with Crippen LogP contribution in [0.5, 0.6) is 0 Å². The average Bonchev–Trinajstić information content (AvgIpc) is 2.98. The normalized spacial score (nSPS) is 11.9. The van der Waals surface area contributed by atoms with E-state index in [1.807, 2.05) is 6.92 Å². The van der Waals surface area contributed by atoms with E-state index in [1.54, 1.807) is 36.1 Å². The number of amides is 1. The fourth-order valence-electron chi connectivity index (χ4n) is 2.11. The number of hydrogen-bond donors (Lipinski definition) is 2. The van der Waals surface area contributed by atoms with Gasteiger partial charge in [-0.1, -0.05) is 0 Å². The zero-order chi connectivity index (χ0) is 16.1. The summed E-state index contributed by atoms with van der Waals surface area (Å²) >= 11 is 0. The third-order valence-electron chi connectivity index (χ3n) is 3.29. The molecule has 116 valence electrons. The van der Waals surface area contributed by atoms with Crippen LogP contribution in [0.3, 0.4) is 0 Å². The van der Waals surface area contributed by atoms with Crippen LogP contribution >= 0.6 is 0 Å². The number of carboxylic acid groups (broad SMARTS) is 1. The summed E-state index contributed by atoms with van der Waals surface area (Å²) in [5.74, 6) is -1.08. The fourth-order valence-corrected chi connectivity index (χ4v) is 2.11. The van der Waals surface area contributed by atoms with Gasteiger partial charge in [-0.3, -0.25) is 9.59 Å². The smallest absolute Gasteiger partial charge is 0.303 e. The Labute approximate surface area is 128 Å². The Balaban J connectivity index is 2.05. The number of aromatic nitrogens is 3. The van der Waals surface area contributed by atoms with Crippen molar-refractivity contribution in [3.05, 3.63) is 42.0 Å². The molecule has 1 heterocycles. The molecule has 2 aromatic rings. The summed E-state index contributed by atoms with van der Waals surface area (Å²) in [7, 11) is 0. The molecule has 1 unspecified atom stereocenters. The molecular weight excluding hydrogens is 284 g/mol. The molecule has 0 saturated heterocycles. The summed E-state index contributed by atoms with van der Waals surface area (Å²) in [5, 5.41) is 15.5. The van der Waals surface area contributed by atoms with Gasteiger partial charge in [-0.25, -0.2) is 9.67 Å². The number of benzene rings is 1. The van der Waals surface area contributed by atoms with Gasteiger partial charge in [-0.05, 0) is 44.0 Å². The summed E-state index contributed by atoms with van der Waals surface area (Å²) in [6, 6.07) is 5.10. The molecule has 2 rings (SSSR count). The molecule has 0 aliphatic rings. The minimum absolute atomic E-state index is 0.0334. The van der Waals surface area contributed by atoms with E-state index in [-0.39, 0.29) is 18.4 Å². The van der Waals surface area contributed by atoms with Gasteiger partial charge < -0.3 is 10.4 Å². The van der Waals surface area contributed by atoms with Gasteiger partial charge in [-0.15, -0.1) is 0 Å². The predicted molar refractivity (Wildman–Crippen MR) is 79.9 cm³/mol. The van der Waals surface area contributed by atoms with Crippen LogP contribution in [0, 0.1) is 6.92 Å². The molecule has 1 aromatic carbocycles. The molecule has 0 saturated carbocycles. The average molecular weight is 302 g/mol. The first-order valence-electron chi connectivity index (χ1n) is 6.95. The molecule has 1 amide bonds.